The second-order valence-electron chi connectivity index (χ2n) is 6.99. The van der Waals surface area contributed by atoms with Crippen molar-refractivity contribution < 1.29 is 41.2 Å². The number of nitrogens with zero attached hydrogens (tertiary/aromatic N) is 3. The first kappa shape index (κ1) is 25.3. The first-order valence-electron chi connectivity index (χ1n) is 9.59. The van der Waals surface area contributed by atoms with Gasteiger partial charge in [-0.15, -0.1) is 0 Å². The molecule has 14 heteroatoms. The van der Waals surface area contributed by atoms with Crippen molar-refractivity contribution in [1.82, 2.24) is 9.55 Å². The lowest BCUT2D eigenvalue weighted by atomic mass is 10.1. The molecule has 9 nitrogen and oxygen atoms in total. The van der Waals surface area contributed by atoms with Crippen LogP contribution in [0.1, 0.15) is 23.9 Å². The third-order valence-electron chi connectivity index (χ3n) is 4.80. The second-order valence-corrected chi connectivity index (χ2v) is 8.92. The zero-order valence-electron chi connectivity index (χ0n) is 17.7. The maximum absolute atomic E-state index is 13.7. The summed E-state index contributed by atoms with van der Waals surface area (Å²) < 4.78 is 80.0. The SMILES string of the molecule is CCOP(=O)(O)C(Oc1ccc([N+](=O)[O-])c(C(F)(F)F)c1)(c1ccc(F)cc1)c1nccn1C. The van der Waals surface area contributed by atoms with Gasteiger partial charge in [0.15, 0.2) is 5.82 Å². The molecule has 0 aliphatic rings. The number of halogens is 4. The van der Waals surface area contributed by atoms with Crippen molar-refractivity contribution in [2.75, 3.05) is 6.61 Å². The normalized spacial score (nSPS) is 15.4. The van der Waals surface area contributed by atoms with E-state index in [0.29, 0.717) is 12.1 Å². The van der Waals surface area contributed by atoms with Gasteiger partial charge in [0.2, 0.25) is 0 Å². The zero-order chi connectivity index (χ0) is 25.3. The van der Waals surface area contributed by atoms with Crippen LogP contribution in [0.2, 0.25) is 0 Å². The number of ether oxygens (including phenoxy) is 1. The van der Waals surface area contributed by atoms with Crippen molar-refractivity contribution in [2.45, 2.75) is 18.4 Å². The van der Waals surface area contributed by atoms with E-state index in [1.54, 1.807) is 0 Å². The highest BCUT2D eigenvalue weighted by atomic mass is 31.2. The summed E-state index contributed by atoms with van der Waals surface area (Å²) in [6, 6.07) is 5.86. The summed E-state index contributed by atoms with van der Waals surface area (Å²) in [5, 5.41) is 8.54. The zero-order valence-corrected chi connectivity index (χ0v) is 18.6. The maximum atomic E-state index is 13.7. The van der Waals surface area contributed by atoms with Gasteiger partial charge in [0.05, 0.1) is 11.5 Å². The first-order valence-corrected chi connectivity index (χ1v) is 11.2. The van der Waals surface area contributed by atoms with Crippen LogP contribution in [0.3, 0.4) is 0 Å². The standard InChI is InChI=1S/C20H18F4N3O6P/c1-3-32-34(30,31)19(18-25-10-11-26(18)2,13-4-6-14(21)7-5-13)33-15-8-9-17(27(28)29)16(12-15)20(22,23)24/h4-12H,3H2,1-2H3,(H,30,31). The number of imidazole rings is 1. The second kappa shape index (κ2) is 9.16. The van der Waals surface area contributed by atoms with Gasteiger partial charge in [-0.25, -0.2) is 9.37 Å². The number of nitro groups is 1. The number of nitro benzene ring substituents is 1. The number of rotatable bonds is 8. The summed E-state index contributed by atoms with van der Waals surface area (Å²) in [4.78, 5) is 25.0. The molecular formula is C20H18F4N3O6P. The van der Waals surface area contributed by atoms with E-state index in [1.165, 1.54) is 30.9 Å². The lowest BCUT2D eigenvalue weighted by Crippen LogP contribution is -2.38. The number of benzene rings is 2. The smallest absolute Gasteiger partial charge is 0.423 e. The Hall–Kier alpha value is -3.28. The molecule has 182 valence electrons. The summed E-state index contributed by atoms with van der Waals surface area (Å²) in [5.41, 5.74) is -3.03. The van der Waals surface area contributed by atoms with Crippen molar-refractivity contribution >= 4 is 13.3 Å². The Morgan fingerprint density at radius 3 is 2.35 bits per heavy atom. The molecule has 0 bridgehead atoms. The Labute approximate surface area is 190 Å². The molecule has 0 radical (unpaired) electrons. The lowest BCUT2D eigenvalue weighted by molar-refractivity contribution is -0.388. The topological polar surface area (TPSA) is 117 Å². The summed E-state index contributed by atoms with van der Waals surface area (Å²) in [6.07, 6.45) is -2.49. The van der Waals surface area contributed by atoms with E-state index in [2.05, 4.69) is 4.98 Å². The Balaban J connectivity index is 2.35. The molecule has 0 fully saturated rings. The minimum absolute atomic E-state index is 0.158. The average molecular weight is 503 g/mol. The van der Waals surface area contributed by atoms with Crippen LogP contribution in [0.25, 0.3) is 0 Å². The molecule has 3 aromatic rings. The van der Waals surface area contributed by atoms with Gasteiger partial charge in [0.1, 0.15) is 17.1 Å². The molecule has 0 aliphatic heterocycles. The van der Waals surface area contributed by atoms with Gasteiger partial charge in [-0.3, -0.25) is 14.7 Å². The van der Waals surface area contributed by atoms with Crippen molar-refractivity contribution in [3.8, 4) is 5.75 Å². The number of aromatic nitrogens is 2. The Bertz CT molecular complexity index is 1250. The molecule has 2 aromatic carbocycles. The molecule has 1 aromatic heterocycles. The number of hydrogen-bond donors (Lipinski definition) is 1. The van der Waals surface area contributed by atoms with Gasteiger partial charge >= 0.3 is 13.8 Å². The highest BCUT2D eigenvalue weighted by molar-refractivity contribution is 7.54. The third-order valence-corrected chi connectivity index (χ3v) is 6.75. The van der Waals surface area contributed by atoms with Gasteiger partial charge in [-0.05, 0) is 31.2 Å². The van der Waals surface area contributed by atoms with Crippen LogP contribution in [0.5, 0.6) is 5.75 Å². The highest BCUT2D eigenvalue weighted by Gasteiger charge is 2.58. The quantitative estimate of drug-likeness (QED) is 0.199. The van der Waals surface area contributed by atoms with Crippen LogP contribution in [0, 0.1) is 15.9 Å². The van der Waals surface area contributed by atoms with Crippen LogP contribution in [0.4, 0.5) is 23.2 Å². The minimum atomic E-state index is -5.13. The molecule has 3 rings (SSSR count). The van der Waals surface area contributed by atoms with Gasteiger partial charge in [-0.1, -0.05) is 12.1 Å². The van der Waals surface area contributed by atoms with Gasteiger partial charge < -0.3 is 18.7 Å². The van der Waals surface area contributed by atoms with E-state index in [1.807, 2.05) is 0 Å². The predicted molar refractivity (Wildman–Crippen MR) is 111 cm³/mol. The number of aryl methyl sites for hydroxylation is 1. The van der Waals surface area contributed by atoms with Crippen molar-refractivity contribution in [2.24, 2.45) is 7.05 Å². The maximum Gasteiger partial charge on any atom is 0.423 e. The Kier molecular flexibility index (Phi) is 6.83. The van der Waals surface area contributed by atoms with Crippen molar-refractivity contribution in [1.29, 1.82) is 0 Å². The first-order chi connectivity index (χ1) is 15.8. The molecule has 0 spiro atoms. The van der Waals surface area contributed by atoms with E-state index < -0.39 is 46.9 Å². The van der Waals surface area contributed by atoms with Gasteiger partial charge in [0, 0.05) is 31.1 Å². The van der Waals surface area contributed by atoms with Crippen LogP contribution in [0.15, 0.2) is 54.9 Å². The van der Waals surface area contributed by atoms with Crippen LogP contribution in [-0.2, 0) is 27.7 Å². The molecule has 1 heterocycles. The summed E-state index contributed by atoms with van der Waals surface area (Å²) >= 11 is 0. The van der Waals surface area contributed by atoms with E-state index >= 15 is 0 Å². The van der Waals surface area contributed by atoms with Crippen LogP contribution < -0.4 is 4.74 Å². The van der Waals surface area contributed by atoms with Gasteiger partial charge in [-0.2, -0.15) is 13.2 Å². The van der Waals surface area contributed by atoms with Crippen LogP contribution >= 0.6 is 7.60 Å². The third kappa shape index (κ3) is 4.54. The Morgan fingerprint density at radius 1 is 1.21 bits per heavy atom. The van der Waals surface area contributed by atoms with E-state index in [0.717, 1.165) is 30.3 Å². The molecule has 0 saturated heterocycles. The van der Waals surface area contributed by atoms with E-state index in [4.69, 9.17) is 9.26 Å². The van der Waals surface area contributed by atoms with Gasteiger partial charge in [0.25, 0.3) is 11.0 Å². The predicted octanol–water partition coefficient (Wildman–Crippen LogP) is 4.99. The number of alkyl halides is 3. The fourth-order valence-electron chi connectivity index (χ4n) is 3.35. The molecule has 2 unspecified atom stereocenters. The average Bonchev–Trinajstić information content (AvgIpc) is 3.17. The summed E-state index contributed by atoms with van der Waals surface area (Å²) in [6.45, 7) is 1.11. The summed E-state index contributed by atoms with van der Waals surface area (Å²) in [5.74, 6) is -1.58. The molecule has 0 saturated carbocycles. The minimum Gasteiger partial charge on any atom is -0.462 e. The monoisotopic (exact) mass is 503 g/mol. The molecule has 0 amide bonds. The number of hydrogen-bond acceptors (Lipinski definition) is 6. The van der Waals surface area contributed by atoms with E-state index in [9.17, 15) is 37.1 Å². The fraction of sp³-hybridized carbons (Fsp3) is 0.250. The molecule has 1 N–H and O–H groups in total. The van der Waals surface area contributed by atoms with Crippen molar-refractivity contribution in [3.63, 3.8) is 0 Å². The van der Waals surface area contributed by atoms with Crippen molar-refractivity contribution in [3.05, 3.63) is 87.7 Å². The fourth-order valence-corrected chi connectivity index (χ4v) is 5.05. The van der Waals surface area contributed by atoms with Crippen LogP contribution in [-0.4, -0.2) is 26.0 Å². The largest absolute Gasteiger partial charge is 0.462 e. The molecule has 2 atom stereocenters. The Morgan fingerprint density at radius 2 is 1.85 bits per heavy atom. The lowest BCUT2D eigenvalue weighted by Gasteiger charge is -2.36. The molecule has 34 heavy (non-hydrogen) atoms. The molecule has 0 aliphatic carbocycles. The summed E-state index contributed by atoms with van der Waals surface area (Å²) in [7, 11) is -3.54. The van der Waals surface area contributed by atoms with E-state index in [-0.39, 0.29) is 18.0 Å². The molecular weight excluding hydrogens is 485 g/mol. The highest BCUT2D eigenvalue weighted by Crippen LogP contribution is 2.64.